The van der Waals surface area contributed by atoms with Crippen LogP contribution in [-0.4, -0.2) is 28.4 Å². The number of nitrogen functional groups attached to an aromatic ring is 1. The van der Waals surface area contributed by atoms with Crippen molar-refractivity contribution in [3.8, 4) is 0 Å². The third-order valence-corrected chi connectivity index (χ3v) is 3.53. The predicted octanol–water partition coefficient (Wildman–Crippen LogP) is 1.63. The molecular formula is C13H20N4O. The van der Waals surface area contributed by atoms with Gasteiger partial charge < -0.3 is 10.3 Å². The van der Waals surface area contributed by atoms with Gasteiger partial charge in [0.15, 0.2) is 0 Å². The number of hydrogen-bond donors (Lipinski definition) is 2. The topological polar surface area (TPSA) is 71.2 Å². The summed E-state index contributed by atoms with van der Waals surface area (Å²) in [4.78, 5) is 18.4. The highest BCUT2D eigenvalue weighted by molar-refractivity contribution is 5.92. The number of anilines is 1. The normalized spacial score (nSPS) is 23.8. The lowest BCUT2D eigenvalue weighted by Crippen LogP contribution is -2.45. The van der Waals surface area contributed by atoms with Crippen LogP contribution in [0.2, 0.25) is 0 Å². The molecule has 0 spiro atoms. The molecule has 2 rings (SSSR count). The van der Waals surface area contributed by atoms with E-state index in [4.69, 9.17) is 5.84 Å². The van der Waals surface area contributed by atoms with Gasteiger partial charge >= 0.3 is 0 Å². The summed E-state index contributed by atoms with van der Waals surface area (Å²) in [5.41, 5.74) is 3.68. The van der Waals surface area contributed by atoms with Crippen molar-refractivity contribution in [1.82, 2.24) is 9.88 Å². The number of nitrogens with two attached hydrogens (primary N) is 1. The van der Waals surface area contributed by atoms with Gasteiger partial charge in [0, 0.05) is 12.6 Å². The van der Waals surface area contributed by atoms with Gasteiger partial charge in [-0.25, -0.2) is 4.98 Å². The van der Waals surface area contributed by atoms with Crippen LogP contribution < -0.4 is 11.3 Å². The van der Waals surface area contributed by atoms with Gasteiger partial charge in [-0.2, -0.15) is 0 Å². The van der Waals surface area contributed by atoms with E-state index >= 15 is 0 Å². The largest absolute Gasteiger partial charge is 0.334 e. The number of hydrogen-bond acceptors (Lipinski definition) is 4. The summed E-state index contributed by atoms with van der Waals surface area (Å²) in [6.45, 7) is 5.10. The number of piperidine rings is 1. The number of carbonyl (C=O) groups excluding carboxylic acids is 1. The summed E-state index contributed by atoms with van der Waals surface area (Å²) in [6.07, 6.45) is 3.83. The first-order chi connectivity index (χ1) is 8.61. The maximum Gasteiger partial charge on any atom is 0.272 e. The lowest BCUT2D eigenvalue weighted by molar-refractivity contribution is 0.0568. The first-order valence-corrected chi connectivity index (χ1v) is 6.35. The van der Waals surface area contributed by atoms with Crippen molar-refractivity contribution < 1.29 is 4.79 Å². The maximum atomic E-state index is 12.4. The molecule has 98 valence electrons. The molecule has 1 aliphatic rings. The highest BCUT2D eigenvalue weighted by Gasteiger charge is 2.28. The Balaban J connectivity index is 2.13. The molecule has 0 radical (unpaired) electrons. The molecule has 2 heterocycles. The molecule has 1 aromatic rings. The Morgan fingerprint density at radius 1 is 1.44 bits per heavy atom. The molecule has 2 atom stereocenters. The predicted molar refractivity (Wildman–Crippen MR) is 70.9 cm³/mol. The SMILES string of the molecule is CC1CCC(C)N(C(=O)c2ccc(NN)cn2)C1. The summed E-state index contributed by atoms with van der Waals surface area (Å²) in [5.74, 6) is 5.85. The van der Waals surface area contributed by atoms with Crippen molar-refractivity contribution in [2.45, 2.75) is 32.7 Å². The van der Waals surface area contributed by atoms with E-state index in [-0.39, 0.29) is 5.91 Å². The molecule has 2 unspecified atom stereocenters. The van der Waals surface area contributed by atoms with Crippen LogP contribution in [-0.2, 0) is 0 Å². The van der Waals surface area contributed by atoms with E-state index in [2.05, 4.69) is 24.3 Å². The van der Waals surface area contributed by atoms with Gasteiger partial charge in [0.1, 0.15) is 5.69 Å². The molecule has 1 aromatic heterocycles. The number of nitrogens with one attached hydrogen (secondary N) is 1. The lowest BCUT2D eigenvalue weighted by atomic mass is 9.95. The van der Waals surface area contributed by atoms with Crippen LogP contribution >= 0.6 is 0 Å². The summed E-state index contributed by atoms with van der Waals surface area (Å²) >= 11 is 0. The smallest absolute Gasteiger partial charge is 0.272 e. The first-order valence-electron chi connectivity index (χ1n) is 6.35. The van der Waals surface area contributed by atoms with Gasteiger partial charge in [-0.1, -0.05) is 6.92 Å². The number of aromatic nitrogens is 1. The number of carbonyl (C=O) groups is 1. The Labute approximate surface area is 107 Å². The zero-order valence-corrected chi connectivity index (χ0v) is 10.9. The van der Waals surface area contributed by atoms with Crippen molar-refractivity contribution in [1.29, 1.82) is 0 Å². The van der Waals surface area contributed by atoms with E-state index in [1.54, 1.807) is 18.3 Å². The zero-order chi connectivity index (χ0) is 13.1. The summed E-state index contributed by atoms with van der Waals surface area (Å²) < 4.78 is 0. The van der Waals surface area contributed by atoms with E-state index in [0.717, 1.165) is 13.0 Å². The molecule has 1 aliphatic heterocycles. The minimum atomic E-state index is 0.0117. The second-order valence-electron chi connectivity index (χ2n) is 5.07. The Hall–Kier alpha value is -1.62. The molecule has 1 fully saturated rings. The standard InChI is InChI=1S/C13H20N4O/c1-9-3-4-10(2)17(8-9)13(18)12-6-5-11(16-14)7-15-12/h5-7,9-10,16H,3-4,8,14H2,1-2H3. The van der Waals surface area contributed by atoms with E-state index in [0.29, 0.717) is 23.3 Å². The van der Waals surface area contributed by atoms with Gasteiger partial charge in [0.05, 0.1) is 11.9 Å². The van der Waals surface area contributed by atoms with Gasteiger partial charge in [-0.15, -0.1) is 0 Å². The molecule has 3 N–H and O–H groups in total. The second kappa shape index (κ2) is 5.35. The van der Waals surface area contributed by atoms with Crippen molar-refractivity contribution in [3.63, 3.8) is 0 Å². The third-order valence-electron chi connectivity index (χ3n) is 3.53. The number of likely N-dealkylation sites (tertiary alicyclic amines) is 1. The minimum Gasteiger partial charge on any atom is -0.334 e. The van der Waals surface area contributed by atoms with Crippen LogP contribution in [0.15, 0.2) is 18.3 Å². The van der Waals surface area contributed by atoms with E-state index in [9.17, 15) is 4.79 Å². The molecule has 1 saturated heterocycles. The average molecular weight is 248 g/mol. The minimum absolute atomic E-state index is 0.0117. The Morgan fingerprint density at radius 3 is 2.83 bits per heavy atom. The zero-order valence-electron chi connectivity index (χ0n) is 10.9. The van der Waals surface area contributed by atoms with Crippen LogP contribution in [0.1, 0.15) is 37.2 Å². The fourth-order valence-corrected chi connectivity index (χ4v) is 2.32. The fraction of sp³-hybridized carbons (Fsp3) is 0.538. The molecule has 1 amide bonds. The molecule has 5 nitrogen and oxygen atoms in total. The Morgan fingerprint density at radius 2 is 2.22 bits per heavy atom. The van der Waals surface area contributed by atoms with Crippen molar-refractivity contribution in [3.05, 3.63) is 24.0 Å². The highest BCUT2D eigenvalue weighted by atomic mass is 16.2. The number of pyridine rings is 1. The average Bonchev–Trinajstić information content (AvgIpc) is 2.41. The summed E-state index contributed by atoms with van der Waals surface area (Å²) in [6, 6.07) is 3.77. The van der Waals surface area contributed by atoms with Crippen LogP contribution in [0.4, 0.5) is 5.69 Å². The first kappa shape index (κ1) is 12.8. The van der Waals surface area contributed by atoms with Crippen LogP contribution in [0, 0.1) is 5.92 Å². The second-order valence-corrected chi connectivity index (χ2v) is 5.07. The van der Waals surface area contributed by atoms with Crippen molar-refractivity contribution in [2.24, 2.45) is 11.8 Å². The number of rotatable bonds is 2. The van der Waals surface area contributed by atoms with E-state index in [1.807, 2.05) is 4.90 Å². The van der Waals surface area contributed by atoms with Gasteiger partial charge in [-0.05, 0) is 37.8 Å². The van der Waals surface area contributed by atoms with E-state index < -0.39 is 0 Å². The molecule has 0 aromatic carbocycles. The van der Waals surface area contributed by atoms with Gasteiger partial charge in [-0.3, -0.25) is 10.6 Å². The Kier molecular flexibility index (Phi) is 3.81. The number of hydrazine groups is 1. The van der Waals surface area contributed by atoms with Gasteiger partial charge in [0.25, 0.3) is 5.91 Å². The molecule has 18 heavy (non-hydrogen) atoms. The van der Waals surface area contributed by atoms with Crippen LogP contribution in [0.25, 0.3) is 0 Å². The molecule has 0 aliphatic carbocycles. The number of nitrogens with zero attached hydrogens (tertiary/aromatic N) is 2. The summed E-state index contributed by atoms with van der Waals surface area (Å²) in [7, 11) is 0. The van der Waals surface area contributed by atoms with Crippen molar-refractivity contribution in [2.75, 3.05) is 12.0 Å². The van der Waals surface area contributed by atoms with Crippen LogP contribution in [0.5, 0.6) is 0 Å². The molecular weight excluding hydrogens is 228 g/mol. The number of amides is 1. The lowest BCUT2D eigenvalue weighted by Gasteiger charge is -2.36. The highest BCUT2D eigenvalue weighted by Crippen LogP contribution is 2.22. The molecule has 0 saturated carbocycles. The fourth-order valence-electron chi connectivity index (χ4n) is 2.32. The van der Waals surface area contributed by atoms with Crippen LogP contribution in [0.3, 0.4) is 0 Å². The van der Waals surface area contributed by atoms with E-state index in [1.165, 1.54) is 6.42 Å². The maximum absolute atomic E-state index is 12.4. The third kappa shape index (κ3) is 2.61. The van der Waals surface area contributed by atoms with Crippen molar-refractivity contribution >= 4 is 11.6 Å². The summed E-state index contributed by atoms with van der Waals surface area (Å²) in [5, 5.41) is 0. The monoisotopic (exact) mass is 248 g/mol. The Bertz CT molecular complexity index is 418. The molecule has 0 bridgehead atoms. The molecule has 5 heteroatoms. The quantitative estimate of drug-likeness (QED) is 0.616. The van der Waals surface area contributed by atoms with Gasteiger partial charge in [0.2, 0.25) is 0 Å².